The molecule has 6 rings (SSSR count). The Morgan fingerprint density at radius 3 is 2.55 bits per heavy atom. The molecule has 1 aliphatic carbocycles. The minimum absolute atomic E-state index is 0. The fourth-order valence-corrected chi connectivity index (χ4v) is 6.66. The summed E-state index contributed by atoms with van der Waals surface area (Å²) >= 11 is 1.78. The summed E-state index contributed by atoms with van der Waals surface area (Å²) in [6.07, 6.45) is 6.89. The molecule has 0 amide bonds. The van der Waals surface area contributed by atoms with E-state index in [1.165, 1.54) is 10.6 Å². The fraction of sp³-hybridized carbons (Fsp3) is 0.478. The Morgan fingerprint density at radius 2 is 1.88 bits per heavy atom. The van der Waals surface area contributed by atoms with E-state index in [1.54, 1.807) is 11.3 Å². The standard InChI is InChI=1S/C23H28N8S.ClH/c1-13-19(16-12-26-29(4)14(16)2)31-18(5-8-25-31)22(27-13)30-9-6-23(7-10-30)11-17-20(21(23)24)32-15(3)28-17;/h5,8,12,21H,6-7,9-11,24H2,1-4H3;1H/t21-;/m1./s1. The second kappa shape index (κ2) is 7.78. The first-order chi connectivity index (χ1) is 15.4. The molecule has 174 valence electrons. The maximum atomic E-state index is 6.77. The van der Waals surface area contributed by atoms with Gasteiger partial charge in [0.05, 0.1) is 34.5 Å². The third-order valence-corrected chi connectivity index (χ3v) is 8.64. The van der Waals surface area contributed by atoms with Crippen LogP contribution >= 0.6 is 23.7 Å². The van der Waals surface area contributed by atoms with Crippen molar-refractivity contribution in [2.45, 2.75) is 46.1 Å². The number of fused-ring (bicyclic) bond motifs is 2. The molecule has 1 saturated heterocycles. The van der Waals surface area contributed by atoms with Crippen LogP contribution in [0.2, 0.25) is 0 Å². The Kier molecular flexibility index (Phi) is 5.26. The third-order valence-electron chi connectivity index (χ3n) is 7.55. The van der Waals surface area contributed by atoms with Crippen molar-refractivity contribution >= 4 is 35.1 Å². The number of hydrogen-bond donors (Lipinski definition) is 1. The normalized spacial score (nSPS) is 19.3. The summed E-state index contributed by atoms with van der Waals surface area (Å²) in [5, 5.41) is 10.2. The Labute approximate surface area is 203 Å². The largest absolute Gasteiger partial charge is 0.355 e. The van der Waals surface area contributed by atoms with E-state index >= 15 is 0 Å². The van der Waals surface area contributed by atoms with Crippen LogP contribution in [-0.4, -0.2) is 42.5 Å². The topological polar surface area (TPSA) is 90.2 Å². The van der Waals surface area contributed by atoms with Crippen molar-refractivity contribution in [2.75, 3.05) is 18.0 Å². The summed E-state index contributed by atoms with van der Waals surface area (Å²) in [6.45, 7) is 8.11. The van der Waals surface area contributed by atoms with Gasteiger partial charge in [0.15, 0.2) is 5.82 Å². The first-order valence-electron chi connectivity index (χ1n) is 11.2. The molecule has 2 aliphatic rings. The first kappa shape index (κ1) is 22.3. The lowest BCUT2D eigenvalue weighted by Gasteiger charge is -2.42. The number of nitrogens with two attached hydrogens (primary N) is 1. The zero-order chi connectivity index (χ0) is 22.2. The van der Waals surface area contributed by atoms with Crippen LogP contribution in [0.25, 0.3) is 16.8 Å². The van der Waals surface area contributed by atoms with Gasteiger partial charge in [0, 0.05) is 42.3 Å². The molecule has 0 unspecified atom stereocenters. The number of nitrogens with zero attached hydrogens (tertiary/aromatic N) is 7. The molecule has 1 spiro atoms. The molecule has 0 bridgehead atoms. The van der Waals surface area contributed by atoms with Crippen molar-refractivity contribution in [3.63, 3.8) is 0 Å². The zero-order valence-corrected chi connectivity index (χ0v) is 21.0. The van der Waals surface area contributed by atoms with Crippen molar-refractivity contribution in [3.05, 3.63) is 45.4 Å². The molecule has 10 heteroatoms. The Morgan fingerprint density at radius 1 is 1.12 bits per heavy atom. The number of thiazole rings is 1. The van der Waals surface area contributed by atoms with Crippen LogP contribution in [0.15, 0.2) is 18.5 Å². The van der Waals surface area contributed by atoms with E-state index in [-0.39, 0.29) is 23.9 Å². The minimum Gasteiger partial charge on any atom is -0.355 e. The number of anilines is 1. The summed E-state index contributed by atoms with van der Waals surface area (Å²) in [5.74, 6) is 1.01. The Bertz CT molecular complexity index is 1340. The quantitative estimate of drug-likeness (QED) is 0.465. The number of halogens is 1. The van der Waals surface area contributed by atoms with Crippen LogP contribution in [0.1, 0.15) is 45.9 Å². The minimum atomic E-state index is 0. The Hall–Kier alpha value is -2.49. The lowest BCUT2D eigenvalue weighted by molar-refractivity contribution is 0.187. The summed E-state index contributed by atoms with van der Waals surface area (Å²) in [4.78, 5) is 13.6. The summed E-state index contributed by atoms with van der Waals surface area (Å²) in [7, 11) is 1.96. The lowest BCUT2D eigenvalue weighted by atomic mass is 9.74. The molecule has 1 aliphatic heterocycles. The van der Waals surface area contributed by atoms with Crippen LogP contribution in [0.3, 0.4) is 0 Å². The molecule has 0 radical (unpaired) electrons. The second-order valence-electron chi connectivity index (χ2n) is 9.31. The number of aromatic nitrogens is 6. The molecule has 33 heavy (non-hydrogen) atoms. The van der Waals surface area contributed by atoms with Crippen LogP contribution in [0.5, 0.6) is 0 Å². The molecule has 5 heterocycles. The number of piperidine rings is 1. The first-order valence-corrected chi connectivity index (χ1v) is 12.0. The van der Waals surface area contributed by atoms with E-state index in [2.05, 4.69) is 41.9 Å². The van der Waals surface area contributed by atoms with Gasteiger partial charge in [-0.15, -0.1) is 23.7 Å². The molecular formula is C23H29ClN8S. The molecule has 1 atom stereocenters. The predicted molar refractivity (Wildman–Crippen MR) is 133 cm³/mol. The van der Waals surface area contributed by atoms with Gasteiger partial charge in [0.25, 0.3) is 0 Å². The monoisotopic (exact) mass is 484 g/mol. The van der Waals surface area contributed by atoms with E-state index in [0.29, 0.717) is 0 Å². The average molecular weight is 485 g/mol. The van der Waals surface area contributed by atoms with Crippen molar-refractivity contribution < 1.29 is 0 Å². The third kappa shape index (κ3) is 3.20. The van der Waals surface area contributed by atoms with Crippen molar-refractivity contribution in [1.29, 1.82) is 0 Å². The second-order valence-corrected chi connectivity index (χ2v) is 10.5. The molecule has 0 saturated carbocycles. The van der Waals surface area contributed by atoms with E-state index in [1.807, 2.05) is 28.6 Å². The highest BCUT2D eigenvalue weighted by atomic mass is 35.5. The van der Waals surface area contributed by atoms with E-state index < -0.39 is 0 Å². The van der Waals surface area contributed by atoms with Gasteiger partial charge >= 0.3 is 0 Å². The SMILES string of the molecule is Cc1nc2c(s1)[C@@H](N)C1(CCN(c3nc(C)c(-c4cnn(C)c4C)n4nccc34)CC1)C2.Cl. The highest BCUT2D eigenvalue weighted by Gasteiger charge is 2.48. The number of rotatable bonds is 2. The van der Waals surface area contributed by atoms with E-state index in [9.17, 15) is 0 Å². The summed E-state index contributed by atoms with van der Waals surface area (Å²) in [6, 6.07) is 2.17. The van der Waals surface area contributed by atoms with Gasteiger partial charge in [0.2, 0.25) is 0 Å². The van der Waals surface area contributed by atoms with Gasteiger partial charge in [-0.1, -0.05) is 0 Å². The number of hydrogen-bond acceptors (Lipinski definition) is 7. The zero-order valence-electron chi connectivity index (χ0n) is 19.4. The van der Waals surface area contributed by atoms with Gasteiger partial charge in [0.1, 0.15) is 5.52 Å². The van der Waals surface area contributed by atoms with E-state index in [0.717, 1.165) is 71.3 Å². The fourth-order valence-electron chi connectivity index (χ4n) is 5.57. The van der Waals surface area contributed by atoms with Crippen molar-refractivity contribution in [2.24, 2.45) is 18.2 Å². The van der Waals surface area contributed by atoms with Gasteiger partial charge in [-0.2, -0.15) is 10.2 Å². The summed E-state index contributed by atoms with van der Waals surface area (Å²) < 4.78 is 3.92. The predicted octanol–water partition coefficient (Wildman–Crippen LogP) is 3.78. The highest BCUT2D eigenvalue weighted by molar-refractivity contribution is 7.11. The molecule has 2 N–H and O–H groups in total. The highest BCUT2D eigenvalue weighted by Crippen LogP contribution is 2.52. The van der Waals surface area contributed by atoms with Gasteiger partial charge < -0.3 is 10.6 Å². The molecular weight excluding hydrogens is 456 g/mol. The Balaban J connectivity index is 0.00000228. The number of aryl methyl sites for hydroxylation is 3. The van der Waals surface area contributed by atoms with Crippen molar-refractivity contribution in [1.82, 2.24) is 29.4 Å². The molecule has 1 fully saturated rings. The van der Waals surface area contributed by atoms with Gasteiger partial charge in [-0.3, -0.25) is 4.68 Å². The molecule has 0 aromatic carbocycles. The molecule has 8 nitrogen and oxygen atoms in total. The van der Waals surface area contributed by atoms with Gasteiger partial charge in [-0.25, -0.2) is 14.5 Å². The maximum absolute atomic E-state index is 6.77. The van der Waals surface area contributed by atoms with Crippen LogP contribution in [0, 0.1) is 26.2 Å². The molecule has 4 aromatic rings. The van der Waals surface area contributed by atoms with E-state index in [4.69, 9.17) is 15.7 Å². The lowest BCUT2D eigenvalue weighted by Crippen LogP contribution is -2.44. The smallest absolute Gasteiger partial charge is 0.155 e. The van der Waals surface area contributed by atoms with Gasteiger partial charge in [-0.05, 0) is 51.5 Å². The van der Waals surface area contributed by atoms with Crippen LogP contribution < -0.4 is 10.6 Å². The van der Waals surface area contributed by atoms with Crippen molar-refractivity contribution in [3.8, 4) is 11.3 Å². The summed E-state index contributed by atoms with van der Waals surface area (Å²) in [5.41, 5.74) is 13.3. The van der Waals surface area contributed by atoms with Crippen LogP contribution in [-0.2, 0) is 13.5 Å². The average Bonchev–Trinajstić information content (AvgIpc) is 3.52. The maximum Gasteiger partial charge on any atom is 0.155 e. The van der Waals surface area contributed by atoms with Crippen LogP contribution in [0.4, 0.5) is 5.82 Å². The molecule has 4 aromatic heterocycles.